The maximum Gasteiger partial charge on any atom is 0.277 e. The molecule has 0 fully saturated rings. The number of nitrogens with zero attached hydrogens (tertiary/aromatic N) is 1. The molecule has 3 rings (SSSR count). The zero-order valence-electron chi connectivity index (χ0n) is 17.5. The van der Waals surface area contributed by atoms with E-state index in [4.69, 9.17) is 9.47 Å². The van der Waals surface area contributed by atoms with Gasteiger partial charge in [0, 0.05) is 32.2 Å². The second kappa shape index (κ2) is 8.61. The highest BCUT2D eigenvalue weighted by Crippen LogP contribution is 2.40. The summed E-state index contributed by atoms with van der Waals surface area (Å²) in [7, 11) is -0.408. The van der Waals surface area contributed by atoms with E-state index in [2.05, 4.69) is 12.2 Å². The van der Waals surface area contributed by atoms with Crippen molar-refractivity contribution in [2.75, 3.05) is 25.3 Å². The summed E-state index contributed by atoms with van der Waals surface area (Å²) in [6, 6.07) is 4.99. The van der Waals surface area contributed by atoms with E-state index >= 15 is 0 Å². The highest BCUT2D eigenvalue weighted by Gasteiger charge is 2.32. The van der Waals surface area contributed by atoms with Crippen molar-refractivity contribution in [2.24, 2.45) is 7.05 Å². The third-order valence-electron chi connectivity index (χ3n) is 5.05. The molecule has 0 spiro atoms. The van der Waals surface area contributed by atoms with Gasteiger partial charge in [-0.05, 0) is 36.1 Å². The summed E-state index contributed by atoms with van der Waals surface area (Å²) >= 11 is 0. The molecule has 1 atom stereocenters. The Morgan fingerprint density at radius 1 is 1.23 bits per heavy atom. The van der Waals surface area contributed by atoms with Gasteiger partial charge in [0.15, 0.2) is 21.3 Å². The number of sulfone groups is 1. The van der Waals surface area contributed by atoms with Crippen LogP contribution in [0.5, 0.6) is 5.75 Å². The van der Waals surface area contributed by atoms with Crippen LogP contribution in [-0.2, 0) is 32.8 Å². The Bertz CT molecular complexity index is 1140. The van der Waals surface area contributed by atoms with Crippen LogP contribution in [0.25, 0.3) is 11.1 Å². The normalized spacial score (nSPS) is 16.0. The molecule has 2 heterocycles. The highest BCUT2D eigenvalue weighted by molar-refractivity contribution is 7.90. The number of amides is 1. The second-order valence-electron chi connectivity index (χ2n) is 7.41. The Balaban J connectivity index is 2.27. The van der Waals surface area contributed by atoms with Crippen molar-refractivity contribution in [1.82, 2.24) is 4.57 Å². The fourth-order valence-electron chi connectivity index (χ4n) is 3.43. The van der Waals surface area contributed by atoms with Gasteiger partial charge in [-0.3, -0.25) is 9.59 Å². The highest BCUT2D eigenvalue weighted by atomic mass is 32.2. The van der Waals surface area contributed by atoms with E-state index in [1.165, 1.54) is 11.7 Å². The minimum absolute atomic E-state index is 0.0198. The van der Waals surface area contributed by atoms with Gasteiger partial charge in [-0.1, -0.05) is 19.4 Å². The summed E-state index contributed by atoms with van der Waals surface area (Å²) in [4.78, 5) is 25.1. The molecule has 2 aromatic rings. The zero-order chi connectivity index (χ0) is 22.1. The quantitative estimate of drug-likeness (QED) is 0.716. The molecule has 8 nitrogen and oxygen atoms in total. The lowest BCUT2D eigenvalue weighted by Gasteiger charge is -2.28. The van der Waals surface area contributed by atoms with E-state index in [1.807, 2.05) is 0 Å². The van der Waals surface area contributed by atoms with Gasteiger partial charge < -0.3 is 19.4 Å². The smallest absolute Gasteiger partial charge is 0.277 e. The van der Waals surface area contributed by atoms with E-state index in [-0.39, 0.29) is 22.9 Å². The fraction of sp³-hybridized carbons (Fsp3) is 0.429. The van der Waals surface area contributed by atoms with Crippen molar-refractivity contribution in [1.29, 1.82) is 0 Å². The first kappa shape index (κ1) is 22.0. The molecule has 0 radical (unpaired) electrons. The number of carbonyl (C=O) groups excluding carboxylic acids is 1. The number of benzene rings is 1. The molecule has 1 aliphatic rings. The number of fused-ring (bicyclic) bond motifs is 1. The van der Waals surface area contributed by atoms with Crippen molar-refractivity contribution in [2.45, 2.75) is 37.2 Å². The van der Waals surface area contributed by atoms with Crippen molar-refractivity contribution in [3.8, 4) is 16.9 Å². The van der Waals surface area contributed by atoms with Crippen LogP contribution in [0.15, 0.2) is 34.1 Å². The van der Waals surface area contributed by atoms with Gasteiger partial charge in [0.25, 0.3) is 11.5 Å². The molecule has 0 aliphatic carbocycles. The summed E-state index contributed by atoms with van der Waals surface area (Å²) in [6.45, 7) is 2.10. The van der Waals surface area contributed by atoms with Crippen LogP contribution in [0.3, 0.4) is 0 Å². The average molecular weight is 435 g/mol. The number of carbonyl (C=O) groups is 1. The number of nitrogens with one attached hydrogen (secondary N) is 1. The summed E-state index contributed by atoms with van der Waals surface area (Å²) < 4.78 is 36.6. The Morgan fingerprint density at radius 3 is 2.60 bits per heavy atom. The van der Waals surface area contributed by atoms with Gasteiger partial charge >= 0.3 is 0 Å². The van der Waals surface area contributed by atoms with Crippen LogP contribution in [0.1, 0.15) is 25.3 Å². The average Bonchev–Trinajstić information content (AvgIpc) is 2.69. The van der Waals surface area contributed by atoms with Crippen LogP contribution >= 0.6 is 0 Å². The first-order valence-corrected chi connectivity index (χ1v) is 11.6. The lowest BCUT2D eigenvalue weighted by Crippen LogP contribution is -2.43. The largest absolute Gasteiger partial charge is 0.475 e. The van der Waals surface area contributed by atoms with E-state index < -0.39 is 27.4 Å². The lowest BCUT2D eigenvalue weighted by atomic mass is 9.95. The predicted octanol–water partition coefficient (Wildman–Crippen LogP) is 2.14. The summed E-state index contributed by atoms with van der Waals surface area (Å²) in [5, 5.41) is 2.63. The fourth-order valence-corrected chi connectivity index (χ4v) is 4.07. The molecule has 162 valence electrons. The number of methoxy groups -OCH3 is 1. The van der Waals surface area contributed by atoms with Crippen LogP contribution in [0, 0.1) is 0 Å². The Labute approximate surface area is 175 Å². The first-order chi connectivity index (χ1) is 14.2. The predicted molar refractivity (Wildman–Crippen MR) is 114 cm³/mol. The topological polar surface area (TPSA) is 104 Å². The van der Waals surface area contributed by atoms with Gasteiger partial charge in [0.05, 0.1) is 11.5 Å². The molecule has 1 aromatic carbocycles. The number of rotatable bonds is 7. The van der Waals surface area contributed by atoms with E-state index in [9.17, 15) is 18.0 Å². The SMILES string of the molecule is CCCCc1ccc(S(C)(=O)=O)cc1-c1cn(C)c(=O)c2c1O[C@@H](COC)C(=O)N2. The summed E-state index contributed by atoms with van der Waals surface area (Å²) in [5.41, 5.74) is 1.77. The van der Waals surface area contributed by atoms with E-state index in [1.54, 1.807) is 31.4 Å². The Kier molecular flexibility index (Phi) is 6.33. The van der Waals surface area contributed by atoms with Crippen LogP contribution < -0.4 is 15.6 Å². The number of anilines is 1. The number of aromatic nitrogens is 1. The molecule has 1 N–H and O–H groups in total. The monoisotopic (exact) mass is 434 g/mol. The van der Waals surface area contributed by atoms with Gasteiger partial charge in [0.1, 0.15) is 0 Å². The van der Waals surface area contributed by atoms with Gasteiger partial charge in [-0.2, -0.15) is 0 Å². The minimum atomic E-state index is -3.44. The summed E-state index contributed by atoms with van der Waals surface area (Å²) in [6.07, 6.45) is 4.48. The van der Waals surface area contributed by atoms with Crippen molar-refractivity contribution in [3.63, 3.8) is 0 Å². The molecule has 30 heavy (non-hydrogen) atoms. The van der Waals surface area contributed by atoms with Gasteiger partial charge in [-0.15, -0.1) is 0 Å². The van der Waals surface area contributed by atoms with Gasteiger partial charge in [0.2, 0.25) is 6.10 Å². The molecule has 9 heteroatoms. The molecule has 0 bridgehead atoms. The molecule has 0 saturated carbocycles. The third-order valence-corrected chi connectivity index (χ3v) is 6.16. The molecule has 0 saturated heterocycles. The standard InChI is InChI=1S/C21H26N2O6S/c1-5-6-7-13-8-9-14(30(4,26)27)10-15(13)16-11-23(2)21(25)18-19(16)29-17(12-28-3)20(24)22-18/h8-11,17H,5-7,12H2,1-4H3,(H,22,24)/t17-/m0/s1. The number of hydrogen-bond acceptors (Lipinski definition) is 6. The minimum Gasteiger partial charge on any atom is -0.475 e. The molecular weight excluding hydrogens is 408 g/mol. The maximum absolute atomic E-state index is 12.6. The van der Waals surface area contributed by atoms with Crippen molar-refractivity contribution >= 4 is 21.4 Å². The summed E-state index contributed by atoms with van der Waals surface area (Å²) in [5.74, 6) is -0.238. The Morgan fingerprint density at radius 2 is 1.97 bits per heavy atom. The number of aryl methyl sites for hydroxylation is 2. The second-order valence-corrected chi connectivity index (χ2v) is 9.42. The maximum atomic E-state index is 12.6. The lowest BCUT2D eigenvalue weighted by molar-refractivity contribution is -0.125. The van der Waals surface area contributed by atoms with E-state index in [0.29, 0.717) is 11.1 Å². The van der Waals surface area contributed by atoms with Crippen molar-refractivity contribution < 1.29 is 22.7 Å². The molecule has 1 amide bonds. The van der Waals surface area contributed by atoms with Crippen LogP contribution in [0.2, 0.25) is 0 Å². The Hall–Kier alpha value is -2.65. The molecule has 0 unspecified atom stereocenters. The number of ether oxygens (including phenoxy) is 2. The van der Waals surface area contributed by atoms with Crippen molar-refractivity contribution in [3.05, 3.63) is 40.3 Å². The molecule has 1 aliphatic heterocycles. The molecule has 1 aromatic heterocycles. The third kappa shape index (κ3) is 4.27. The van der Waals surface area contributed by atoms with Crippen LogP contribution in [0.4, 0.5) is 5.69 Å². The number of unbranched alkanes of at least 4 members (excludes halogenated alkanes) is 1. The number of hydrogen-bond donors (Lipinski definition) is 1. The zero-order valence-corrected chi connectivity index (χ0v) is 18.3. The number of pyridine rings is 1. The molecular formula is C21H26N2O6S. The van der Waals surface area contributed by atoms with Crippen LogP contribution in [-0.4, -0.2) is 45.0 Å². The van der Waals surface area contributed by atoms with Gasteiger partial charge in [-0.25, -0.2) is 8.42 Å². The first-order valence-electron chi connectivity index (χ1n) is 9.70. The van der Waals surface area contributed by atoms with E-state index in [0.717, 1.165) is 31.1 Å².